The van der Waals surface area contributed by atoms with E-state index in [1.54, 1.807) is 6.07 Å². The van der Waals surface area contributed by atoms with Crippen LogP contribution in [0.2, 0.25) is 0 Å². The molecule has 1 aromatic carbocycles. The van der Waals surface area contributed by atoms with Crippen molar-refractivity contribution in [3.05, 3.63) is 42.1 Å². The molecule has 7 nitrogen and oxygen atoms in total. The van der Waals surface area contributed by atoms with Crippen LogP contribution in [0.15, 0.2) is 36.4 Å². The van der Waals surface area contributed by atoms with Gasteiger partial charge >= 0.3 is 0 Å². The Bertz CT molecular complexity index is 806. The third-order valence-corrected chi connectivity index (χ3v) is 5.98. The van der Waals surface area contributed by atoms with Crippen LogP contribution in [0.1, 0.15) is 30.3 Å². The molecule has 2 aromatic rings. The predicted octanol–water partition coefficient (Wildman–Crippen LogP) is 2.72. The molecular formula is C22H30N6O. The fraction of sp³-hybridized carbons (Fsp3) is 0.500. The third kappa shape index (κ3) is 4.85. The van der Waals surface area contributed by atoms with E-state index in [1.165, 1.54) is 18.5 Å². The number of benzene rings is 1. The lowest BCUT2D eigenvalue weighted by Gasteiger charge is -2.32. The van der Waals surface area contributed by atoms with E-state index >= 15 is 0 Å². The summed E-state index contributed by atoms with van der Waals surface area (Å²) in [6.07, 6.45) is 2.47. The Labute approximate surface area is 172 Å². The summed E-state index contributed by atoms with van der Waals surface area (Å²) in [4.78, 5) is 19.4. The maximum atomic E-state index is 12.5. The molecule has 0 unspecified atom stereocenters. The first kappa shape index (κ1) is 19.6. The average Bonchev–Trinajstić information content (AvgIpc) is 2.76. The van der Waals surface area contributed by atoms with Crippen LogP contribution < -0.4 is 15.1 Å². The van der Waals surface area contributed by atoms with Crippen molar-refractivity contribution in [1.29, 1.82) is 0 Å². The maximum Gasteiger partial charge on any atom is 0.276 e. The smallest absolute Gasteiger partial charge is 0.276 e. The molecule has 7 heteroatoms. The first-order chi connectivity index (χ1) is 14.1. The zero-order valence-corrected chi connectivity index (χ0v) is 17.3. The lowest BCUT2D eigenvalue weighted by atomic mass is 9.99. The topological polar surface area (TPSA) is 64.6 Å². The van der Waals surface area contributed by atoms with Crippen LogP contribution in [0, 0.1) is 5.92 Å². The number of nitrogens with zero attached hydrogens (tertiary/aromatic N) is 5. The van der Waals surface area contributed by atoms with E-state index in [2.05, 4.69) is 56.3 Å². The second-order valence-corrected chi connectivity index (χ2v) is 8.24. The van der Waals surface area contributed by atoms with Gasteiger partial charge in [-0.2, -0.15) is 0 Å². The van der Waals surface area contributed by atoms with Gasteiger partial charge in [-0.1, -0.05) is 6.92 Å². The first-order valence-corrected chi connectivity index (χ1v) is 10.5. The number of hydrogen-bond acceptors (Lipinski definition) is 6. The summed E-state index contributed by atoms with van der Waals surface area (Å²) in [6, 6.07) is 11.7. The minimum Gasteiger partial charge on any atom is -0.372 e. The van der Waals surface area contributed by atoms with E-state index < -0.39 is 0 Å². The fourth-order valence-corrected chi connectivity index (χ4v) is 3.87. The Kier molecular flexibility index (Phi) is 5.94. The zero-order chi connectivity index (χ0) is 20.2. The zero-order valence-electron chi connectivity index (χ0n) is 17.3. The van der Waals surface area contributed by atoms with Gasteiger partial charge < -0.3 is 20.0 Å². The van der Waals surface area contributed by atoms with Gasteiger partial charge in [0, 0.05) is 50.6 Å². The number of piperazine rings is 1. The number of carbonyl (C=O) groups is 1. The van der Waals surface area contributed by atoms with Crippen LogP contribution in [0.3, 0.4) is 0 Å². The molecule has 2 aliphatic rings. The Morgan fingerprint density at radius 3 is 2.21 bits per heavy atom. The number of aromatic nitrogens is 2. The van der Waals surface area contributed by atoms with Crippen molar-refractivity contribution in [2.75, 3.05) is 61.4 Å². The highest BCUT2D eigenvalue weighted by Crippen LogP contribution is 2.24. The number of likely N-dealkylation sites (N-methyl/N-ethyl adjacent to an activating group) is 1. The van der Waals surface area contributed by atoms with Crippen molar-refractivity contribution in [2.24, 2.45) is 5.92 Å². The van der Waals surface area contributed by atoms with Gasteiger partial charge in [0.2, 0.25) is 0 Å². The molecule has 2 saturated heterocycles. The molecule has 0 radical (unpaired) electrons. The van der Waals surface area contributed by atoms with Crippen LogP contribution >= 0.6 is 0 Å². The lowest BCUT2D eigenvalue weighted by molar-refractivity contribution is 0.102. The standard InChI is InChI=1S/C22H30N6O/c1-17-9-11-27(12-10-17)19-5-3-18(4-6-19)23-22(29)20-7-8-21(25-24-20)28-15-13-26(2)14-16-28/h3-8,17H,9-16H2,1-2H3,(H,23,29). The second kappa shape index (κ2) is 8.78. The molecule has 2 aliphatic heterocycles. The van der Waals surface area contributed by atoms with E-state index in [0.717, 1.165) is 56.7 Å². The second-order valence-electron chi connectivity index (χ2n) is 8.24. The summed E-state index contributed by atoms with van der Waals surface area (Å²) in [5.74, 6) is 1.41. The van der Waals surface area contributed by atoms with Crippen molar-refractivity contribution in [3.63, 3.8) is 0 Å². The van der Waals surface area contributed by atoms with E-state index in [9.17, 15) is 4.79 Å². The molecule has 0 spiro atoms. The SMILES string of the molecule is CC1CCN(c2ccc(NC(=O)c3ccc(N4CCN(C)CC4)nn3)cc2)CC1. The molecule has 4 rings (SSSR count). The molecule has 3 heterocycles. The van der Waals surface area contributed by atoms with Crippen molar-refractivity contribution >= 4 is 23.1 Å². The number of nitrogens with one attached hydrogen (secondary N) is 1. The van der Waals surface area contributed by atoms with Gasteiger partial charge in [-0.05, 0) is 62.2 Å². The fourth-order valence-electron chi connectivity index (χ4n) is 3.87. The average molecular weight is 395 g/mol. The summed E-state index contributed by atoms with van der Waals surface area (Å²) >= 11 is 0. The van der Waals surface area contributed by atoms with E-state index in [1.807, 2.05) is 18.2 Å². The van der Waals surface area contributed by atoms with Gasteiger partial charge in [-0.25, -0.2) is 0 Å². The highest BCUT2D eigenvalue weighted by molar-refractivity contribution is 6.02. The lowest BCUT2D eigenvalue weighted by Crippen LogP contribution is -2.44. The van der Waals surface area contributed by atoms with E-state index in [4.69, 9.17) is 0 Å². The molecule has 0 bridgehead atoms. The highest BCUT2D eigenvalue weighted by atomic mass is 16.1. The Morgan fingerprint density at radius 2 is 1.59 bits per heavy atom. The molecule has 154 valence electrons. The minimum atomic E-state index is -0.234. The van der Waals surface area contributed by atoms with Gasteiger partial charge in [0.15, 0.2) is 11.5 Å². The maximum absolute atomic E-state index is 12.5. The summed E-state index contributed by atoms with van der Waals surface area (Å²) in [5.41, 5.74) is 2.32. The summed E-state index contributed by atoms with van der Waals surface area (Å²) in [7, 11) is 2.12. The Balaban J connectivity index is 1.34. The molecular weight excluding hydrogens is 364 g/mol. The van der Waals surface area contributed by atoms with Crippen LogP contribution in [-0.4, -0.2) is 67.3 Å². The van der Waals surface area contributed by atoms with Crippen LogP contribution in [0.25, 0.3) is 0 Å². The van der Waals surface area contributed by atoms with Crippen LogP contribution in [0.5, 0.6) is 0 Å². The van der Waals surface area contributed by atoms with Crippen molar-refractivity contribution in [1.82, 2.24) is 15.1 Å². The van der Waals surface area contributed by atoms with Crippen LogP contribution in [0.4, 0.5) is 17.2 Å². The minimum absolute atomic E-state index is 0.234. The number of hydrogen-bond donors (Lipinski definition) is 1. The van der Waals surface area contributed by atoms with Crippen molar-refractivity contribution in [2.45, 2.75) is 19.8 Å². The normalized spacial score (nSPS) is 18.7. The highest BCUT2D eigenvalue weighted by Gasteiger charge is 2.18. The van der Waals surface area contributed by atoms with Gasteiger partial charge in [-0.15, -0.1) is 10.2 Å². The number of amides is 1. The van der Waals surface area contributed by atoms with Crippen molar-refractivity contribution in [3.8, 4) is 0 Å². The molecule has 2 fully saturated rings. The van der Waals surface area contributed by atoms with Gasteiger partial charge in [0.25, 0.3) is 5.91 Å². The molecule has 0 atom stereocenters. The molecule has 1 N–H and O–H groups in total. The molecule has 1 amide bonds. The quantitative estimate of drug-likeness (QED) is 0.860. The molecule has 1 aromatic heterocycles. The molecule has 0 aliphatic carbocycles. The number of anilines is 3. The van der Waals surface area contributed by atoms with Gasteiger partial charge in [0.05, 0.1) is 0 Å². The predicted molar refractivity (Wildman–Crippen MR) is 117 cm³/mol. The summed E-state index contributed by atoms with van der Waals surface area (Å²) in [6.45, 7) is 8.39. The van der Waals surface area contributed by atoms with E-state index in [0.29, 0.717) is 5.69 Å². The van der Waals surface area contributed by atoms with Gasteiger partial charge in [0.1, 0.15) is 0 Å². The first-order valence-electron chi connectivity index (χ1n) is 10.5. The monoisotopic (exact) mass is 394 g/mol. The third-order valence-electron chi connectivity index (χ3n) is 5.98. The van der Waals surface area contributed by atoms with Crippen LogP contribution in [-0.2, 0) is 0 Å². The Hall–Kier alpha value is -2.67. The Morgan fingerprint density at radius 1 is 0.897 bits per heavy atom. The summed E-state index contributed by atoms with van der Waals surface area (Å²) < 4.78 is 0. The van der Waals surface area contributed by atoms with Gasteiger partial charge in [-0.3, -0.25) is 4.79 Å². The molecule has 0 saturated carbocycles. The number of piperidine rings is 1. The number of carbonyl (C=O) groups excluding carboxylic acids is 1. The summed E-state index contributed by atoms with van der Waals surface area (Å²) in [5, 5.41) is 11.3. The van der Waals surface area contributed by atoms with E-state index in [-0.39, 0.29) is 5.91 Å². The van der Waals surface area contributed by atoms with Crippen molar-refractivity contribution < 1.29 is 4.79 Å². The molecule has 29 heavy (non-hydrogen) atoms. The largest absolute Gasteiger partial charge is 0.372 e. The number of rotatable bonds is 4.